The van der Waals surface area contributed by atoms with E-state index in [0.29, 0.717) is 0 Å². The summed E-state index contributed by atoms with van der Waals surface area (Å²) in [6.45, 7) is 6.48. The standard InChI is InChI=1S/C12H22N2O/c1-10(2)9-12(15)14-7-4-11(3-6-13)5-8-14/h9,11H,3-8,13H2,1-2H3. The zero-order chi connectivity index (χ0) is 11.3. The van der Waals surface area contributed by atoms with E-state index in [4.69, 9.17) is 5.73 Å². The third-order valence-electron chi connectivity index (χ3n) is 2.91. The molecule has 0 spiro atoms. The van der Waals surface area contributed by atoms with E-state index in [2.05, 4.69) is 0 Å². The van der Waals surface area contributed by atoms with Crippen LogP contribution in [0, 0.1) is 5.92 Å². The molecule has 0 bridgehead atoms. The van der Waals surface area contributed by atoms with Crippen molar-refractivity contribution in [2.45, 2.75) is 33.1 Å². The van der Waals surface area contributed by atoms with Crippen molar-refractivity contribution in [3.05, 3.63) is 11.6 Å². The van der Waals surface area contributed by atoms with Crippen molar-refractivity contribution in [1.29, 1.82) is 0 Å². The third-order valence-corrected chi connectivity index (χ3v) is 2.91. The lowest BCUT2D eigenvalue weighted by atomic mass is 9.93. The lowest BCUT2D eigenvalue weighted by molar-refractivity contribution is -0.127. The highest BCUT2D eigenvalue weighted by atomic mass is 16.2. The van der Waals surface area contributed by atoms with Crippen molar-refractivity contribution in [3.8, 4) is 0 Å². The number of rotatable bonds is 3. The number of carbonyl (C=O) groups is 1. The third kappa shape index (κ3) is 4.04. The molecule has 3 nitrogen and oxygen atoms in total. The Morgan fingerprint density at radius 3 is 2.47 bits per heavy atom. The Hall–Kier alpha value is -0.830. The van der Waals surface area contributed by atoms with Crippen LogP contribution in [-0.4, -0.2) is 30.4 Å². The van der Waals surface area contributed by atoms with Crippen molar-refractivity contribution in [1.82, 2.24) is 4.90 Å². The second-order valence-electron chi connectivity index (χ2n) is 4.57. The lowest BCUT2D eigenvalue weighted by Crippen LogP contribution is -2.38. The van der Waals surface area contributed by atoms with Crippen molar-refractivity contribution >= 4 is 5.91 Å². The Morgan fingerprint density at radius 2 is 2.00 bits per heavy atom. The predicted molar refractivity (Wildman–Crippen MR) is 62.4 cm³/mol. The highest BCUT2D eigenvalue weighted by Crippen LogP contribution is 2.19. The van der Waals surface area contributed by atoms with Crippen LogP contribution in [0.15, 0.2) is 11.6 Å². The minimum absolute atomic E-state index is 0.168. The Kier molecular flexibility index (Phi) is 4.82. The van der Waals surface area contributed by atoms with Crippen LogP contribution >= 0.6 is 0 Å². The molecular formula is C12H22N2O. The van der Waals surface area contributed by atoms with Gasteiger partial charge in [-0.25, -0.2) is 0 Å². The molecule has 15 heavy (non-hydrogen) atoms. The summed E-state index contributed by atoms with van der Waals surface area (Å²) in [5.41, 5.74) is 6.60. The van der Waals surface area contributed by atoms with Crippen LogP contribution in [0.3, 0.4) is 0 Å². The van der Waals surface area contributed by atoms with Gasteiger partial charge in [-0.15, -0.1) is 0 Å². The molecule has 0 unspecified atom stereocenters. The number of allylic oxidation sites excluding steroid dienone is 1. The summed E-state index contributed by atoms with van der Waals surface area (Å²) < 4.78 is 0. The summed E-state index contributed by atoms with van der Waals surface area (Å²) in [5.74, 6) is 0.895. The topological polar surface area (TPSA) is 46.3 Å². The first kappa shape index (κ1) is 12.2. The number of hydrogen-bond donors (Lipinski definition) is 1. The fraction of sp³-hybridized carbons (Fsp3) is 0.750. The summed E-state index contributed by atoms with van der Waals surface area (Å²) in [5, 5.41) is 0. The molecule has 1 heterocycles. The zero-order valence-corrected chi connectivity index (χ0v) is 9.83. The average Bonchev–Trinajstić information content (AvgIpc) is 2.18. The van der Waals surface area contributed by atoms with Gasteiger partial charge in [-0.05, 0) is 45.6 Å². The fourth-order valence-electron chi connectivity index (χ4n) is 2.02. The minimum Gasteiger partial charge on any atom is -0.339 e. The Labute approximate surface area is 92.3 Å². The molecular weight excluding hydrogens is 188 g/mol. The number of nitrogens with two attached hydrogens (primary N) is 1. The van der Waals surface area contributed by atoms with Crippen LogP contribution in [0.4, 0.5) is 0 Å². The molecule has 1 saturated heterocycles. The van der Waals surface area contributed by atoms with Gasteiger partial charge >= 0.3 is 0 Å². The van der Waals surface area contributed by atoms with Crippen LogP contribution in [0.25, 0.3) is 0 Å². The van der Waals surface area contributed by atoms with E-state index < -0.39 is 0 Å². The second kappa shape index (κ2) is 5.91. The number of carbonyl (C=O) groups excluding carboxylic acids is 1. The van der Waals surface area contributed by atoms with Crippen molar-refractivity contribution < 1.29 is 4.79 Å². The smallest absolute Gasteiger partial charge is 0.246 e. The number of likely N-dealkylation sites (tertiary alicyclic amines) is 1. The molecule has 0 saturated carbocycles. The number of piperidine rings is 1. The van der Waals surface area contributed by atoms with Crippen LogP contribution in [0.5, 0.6) is 0 Å². The van der Waals surface area contributed by atoms with Crippen LogP contribution in [0.1, 0.15) is 33.1 Å². The molecule has 0 aromatic carbocycles. The second-order valence-corrected chi connectivity index (χ2v) is 4.57. The van der Waals surface area contributed by atoms with Gasteiger partial charge < -0.3 is 10.6 Å². The van der Waals surface area contributed by atoms with E-state index in [1.54, 1.807) is 6.08 Å². The van der Waals surface area contributed by atoms with Gasteiger partial charge in [0.15, 0.2) is 0 Å². The summed E-state index contributed by atoms with van der Waals surface area (Å²) in [6, 6.07) is 0. The van der Waals surface area contributed by atoms with E-state index in [0.717, 1.165) is 50.4 Å². The van der Waals surface area contributed by atoms with Crippen LogP contribution < -0.4 is 5.73 Å². The maximum absolute atomic E-state index is 11.7. The highest BCUT2D eigenvalue weighted by Gasteiger charge is 2.20. The SMILES string of the molecule is CC(C)=CC(=O)N1CCC(CCN)CC1. The van der Waals surface area contributed by atoms with Gasteiger partial charge in [0.05, 0.1) is 0 Å². The number of hydrogen-bond acceptors (Lipinski definition) is 2. The molecule has 1 rings (SSSR count). The largest absolute Gasteiger partial charge is 0.339 e. The first-order valence-electron chi connectivity index (χ1n) is 5.77. The van der Waals surface area contributed by atoms with E-state index in [-0.39, 0.29) is 5.91 Å². The van der Waals surface area contributed by atoms with Crippen molar-refractivity contribution in [2.75, 3.05) is 19.6 Å². The normalized spacial score (nSPS) is 17.7. The molecule has 0 atom stereocenters. The molecule has 1 fully saturated rings. The summed E-state index contributed by atoms with van der Waals surface area (Å²) in [4.78, 5) is 13.6. The van der Waals surface area contributed by atoms with Crippen molar-refractivity contribution in [3.63, 3.8) is 0 Å². The van der Waals surface area contributed by atoms with Crippen molar-refractivity contribution in [2.24, 2.45) is 11.7 Å². The fourth-order valence-corrected chi connectivity index (χ4v) is 2.02. The summed E-state index contributed by atoms with van der Waals surface area (Å²) in [7, 11) is 0. The van der Waals surface area contributed by atoms with Gasteiger partial charge in [0, 0.05) is 19.2 Å². The molecule has 1 aliphatic heterocycles. The van der Waals surface area contributed by atoms with Gasteiger partial charge in [-0.1, -0.05) is 5.57 Å². The molecule has 3 heteroatoms. The molecule has 0 aromatic heterocycles. The quantitative estimate of drug-likeness (QED) is 0.718. The molecule has 0 aromatic rings. The minimum atomic E-state index is 0.168. The van der Waals surface area contributed by atoms with Crippen LogP contribution in [0.2, 0.25) is 0 Å². The molecule has 1 aliphatic rings. The first-order chi connectivity index (χ1) is 7.13. The van der Waals surface area contributed by atoms with Gasteiger partial charge in [-0.3, -0.25) is 4.79 Å². The predicted octanol–water partition coefficient (Wildman–Crippen LogP) is 1.54. The van der Waals surface area contributed by atoms with Gasteiger partial charge in [-0.2, -0.15) is 0 Å². The van der Waals surface area contributed by atoms with E-state index in [1.807, 2.05) is 18.7 Å². The monoisotopic (exact) mass is 210 g/mol. The zero-order valence-electron chi connectivity index (χ0n) is 9.83. The maximum atomic E-state index is 11.7. The summed E-state index contributed by atoms with van der Waals surface area (Å²) in [6.07, 6.45) is 5.05. The average molecular weight is 210 g/mol. The molecule has 86 valence electrons. The molecule has 2 N–H and O–H groups in total. The Bertz CT molecular complexity index is 236. The maximum Gasteiger partial charge on any atom is 0.246 e. The summed E-state index contributed by atoms with van der Waals surface area (Å²) >= 11 is 0. The number of nitrogens with zero attached hydrogens (tertiary/aromatic N) is 1. The van der Waals surface area contributed by atoms with Crippen LogP contribution in [-0.2, 0) is 4.79 Å². The van der Waals surface area contributed by atoms with Gasteiger partial charge in [0.1, 0.15) is 0 Å². The Morgan fingerprint density at radius 1 is 1.40 bits per heavy atom. The highest BCUT2D eigenvalue weighted by molar-refractivity contribution is 5.88. The molecule has 0 radical (unpaired) electrons. The molecule has 0 aliphatic carbocycles. The van der Waals surface area contributed by atoms with Gasteiger partial charge in [0.2, 0.25) is 5.91 Å². The first-order valence-corrected chi connectivity index (χ1v) is 5.77. The van der Waals surface area contributed by atoms with E-state index in [1.165, 1.54) is 0 Å². The van der Waals surface area contributed by atoms with E-state index in [9.17, 15) is 4.79 Å². The number of amides is 1. The Balaban J connectivity index is 2.37. The van der Waals surface area contributed by atoms with E-state index >= 15 is 0 Å². The lowest BCUT2D eigenvalue weighted by Gasteiger charge is -2.31. The van der Waals surface area contributed by atoms with Gasteiger partial charge in [0.25, 0.3) is 0 Å². The molecule has 1 amide bonds.